The first-order valence-electron chi connectivity index (χ1n) is 5.68. The summed E-state index contributed by atoms with van der Waals surface area (Å²) in [5, 5.41) is 0. The summed E-state index contributed by atoms with van der Waals surface area (Å²) in [6, 6.07) is 6.52. The largest absolute Gasteiger partial charge is 0.453 e. The molecule has 0 bridgehead atoms. The number of hydrogen-bond acceptors (Lipinski definition) is 2. The number of ether oxygens (including phenoxy) is 1. The summed E-state index contributed by atoms with van der Waals surface area (Å²) >= 11 is 0. The van der Waals surface area contributed by atoms with Gasteiger partial charge in [0, 0.05) is 13.1 Å². The van der Waals surface area contributed by atoms with Gasteiger partial charge in [-0.1, -0.05) is 25.1 Å². The summed E-state index contributed by atoms with van der Waals surface area (Å²) in [7, 11) is 1.43. The van der Waals surface area contributed by atoms with Crippen LogP contribution in [0.25, 0.3) is 0 Å². The van der Waals surface area contributed by atoms with Crippen LogP contribution in [0.15, 0.2) is 18.2 Å². The van der Waals surface area contributed by atoms with E-state index in [1.54, 1.807) is 4.90 Å². The van der Waals surface area contributed by atoms with Crippen LogP contribution in [0.3, 0.4) is 0 Å². The van der Waals surface area contributed by atoms with Crippen molar-refractivity contribution in [2.24, 2.45) is 0 Å². The average molecular weight is 219 g/mol. The molecule has 0 N–H and O–H groups in total. The van der Waals surface area contributed by atoms with Crippen LogP contribution in [-0.4, -0.2) is 24.6 Å². The fraction of sp³-hybridized carbons (Fsp3) is 0.462. The fourth-order valence-electron chi connectivity index (χ4n) is 2.11. The number of carbonyl (C=O) groups is 1. The number of rotatable bonds is 1. The molecule has 0 aliphatic carbocycles. The van der Waals surface area contributed by atoms with E-state index in [4.69, 9.17) is 4.74 Å². The van der Waals surface area contributed by atoms with E-state index in [-0.39, 0.29) is 6.09 Å². The van der Waals surface area contributed by atoms with Crippen molar-refractivity contribution in [3.05, 3.63) is 34.9 Å². The van der Waals surface area contributed by atoms with Crippen molar-refractivity contribution in [3.8, 4) is 0 Å². The molecule has 0 unspecified atom stereocenters. The molecule has 3 heteroatoms. The second kappa shape index (κ2) is 4.56. The predicted octanol–water partition coefficient (Wildman–Crippen LogP) is 2.37. The monoisotopic (exact) mass is 219 g/mol. The molecule has 0 spiro atoms. The highest BCUT2D eigenvalue weighted by Crippen LogP contribution is 2.21. The van der Waals surface area contributed by atoms with Crippen LogP contribution in [-0.2, 0) is 24.1 Å². The predicted molar refractivity (Wildman–Crippen MR) is 62.3 cm³/mol. The smallest absolute Gasteiger partial charge is 0.409 e. The zero-order valence-corrected chi connectivity index (χ0v) is 9.82. The van der Waals surface area contributed by atoms with E-state index in [0.29, 0.717) is 6.54 Å². The van der Waals surface area contributed by atoms with Gasteiger partial charge in [-0.05, 0) is 29.5 Å². The molecular formula is C13H17NO2. The Morgan fingerprint density at radius 2 is 2.25 bits per heavy atom. The van der Waals surface area contributed by atoms with E-state index in [1.807, 2.05) is 0 Å². The third-order valence-electron chi connectivity index (χ3n) is 3.12. The Hall–Kier alpha value is -1.51. The van der Waals surface area contributed by atoms with Crippen molar-refractivity contribution in [1.82, 2.24) is 4.90 Å². The lowest BCUT2D eigenvalue weighted by Crippen LogP contribution is -2.35. The first-order chi connectivity index (χ1) is 7.74. The van der Waals surface area contributed by atoms with Gasteiger partial charge in [0.05, 0.1) is 7.11 Å². The maximum atomic E-state index is 11.4. The van der Waals surface area contributed by atoms with E-state index in [1.165, 1.54) is 23.8 Å². The topological polar surface area (TPSA) is 29.5 Å². The van der Waals surface area contributed by atoms with Crippen molar-refractivity contribution in [2.75, 3.05) is 13.7 Å². The summed E-state index contributed by atoms with van der Waals surface area (Å²) in [4.78, 5) is 13.1. The van der Waals surface area contributed by atoms with E-state index in [0.717, 1.165) is 19.4 Å². The van der Waals surface area contributed by atoms with Crippen molar-refractivity contribution >= 4 is 6.09 Å². The van der Waals surface area contributed by atoms with E-state index in [2.05, 4.69) is 25.1 Å². The first-order valence-corrected chi connectivity index (χ1v) is 5.68. The summed E-state index contributed by atoms with van der Waals surface area (Å²) < 4.78 is 4.74. The molecule has 1 aromatic rings. The molecule has 16 heavy (non-hydrogen) atoms. The molecule has 3 nitrogen and oxygen atoms in total. The second-order valence-electron chi connectivity index (χ2n) is 4.10. The number of benzene rings is 1. The minimum atomic E-state index is -0.231. The standard InChI is InChI=1S/C13H17NO2/c1-3-10-4-5-12-9-14(13(15)16-2)7-6-11(12)8-10/h4-5,8H,3,6-7,9H2,1-2H3. The Labute approximate surface area is 96.0 Å². The van der Waals surface area contributed by atoms with Crippen molar-refractivity contribution in [3.63, 3.8) is 0 Å². The van der Waals surface area contributed by atoms with E-state index < -0.39 is 0 Å². The molecule has 1 amide bonds. The molecule has 0 saturated heterocycles. The van der Waals surface area contributed by atoms with Crippen LogP contribution in [0.1, 0.15) is 23.6 Å². The number of aryl methyl sites for hydroxylation is 1. The molecule has 0 aromatic heterocycles. The Balaban J connectivity index is 2.18. The molecular weight excluding hydrogens is 202 g/mol. The van der Waals surface area contributed by atoms with Crippen LogP contribution >= 0.6 is 0 Å². The zero-order valence-electron chi connectivity index (χ0n) is 9.82. The van der Waals surface area contributed by atoms with Gasteiger partial charge in [-0.3, -0.25) is 0 Å². The summed E-state index contributed by atoms with van der Waals surface area (Å²) in [5.41, 5.74) is 3.98. The van der Waals surface area contributed by atoms with Gasteiger partial charge in [-0.2, -0.15) is 0 Å². The third-order valence-corrected chi connectivity index (χ3v) is 3.12. The van der Waals surface area contributed by atoms with Gasteiger partial charge >= 0.3 is 6.09 Å². The number of methoxy groups -OCH3 is 1. The van der Waals surface area contributed by atoms with Gasteiger partial charge in [0.25, 0.3) is 0 Å². The molecule has 0 atom stereocenters. The number of hydrogen-bond donors (Lipinski definition) is 0. The van der Waals surface area contributed by atoms with Gasteiger partial charge < -0.3 is 9.64 Å². The Morgan fingerprint density at radius 1 is 1.44 bits per heavy atom. The second-order valence-corrected chi connectivity index (χ2v) is 4.10. The van der Waals surface area contributed by atoms with Crippen molar-refractivity contribution in [2.45, 2.75) is 26.3 Å². The molecule has 0 saturated carbocycles. The minimum Gasteiger partial charge on any atom is -0.453 e. The van der Waals surface area contributed by atoms with Gasteiger partial charge in [0.2, 0.25) is 0 Å². The summed E-state index contributed by atoms with van der Waals surface area (Å²) in [5.74, 6) is 0. The number of fused-ring (bicyclic) bond motifs is 1. The number of nitrogens with zero attached hydrogens (tertiary/aromatic N) is 1. The molecule has 1 heterocycles. The maximum Gasteiger partial charge on any atom is 0.409 e. The summed E-state index contributed by atoms with van der Waals surface area (Å²) in [6.07, 6.45) is 1.76. The van der Waals surface area contributed by atoms with Crippen LogP contribution in [0.4, 0.5) is 4.79 Å². The molecule has 86 valence electrons. The number of amides is 1. The van der Waals surface area contributed by atoms with E-state index >= 15 is 0 Å². The minimum absolute atomic E-state index is 0.231. The molecule has 2 rings (SSSR count). The van der Waals surface area contributed by atoms with Crippen LogP contribution in [0.2, 0.25) is 0 Å². The number of carbonyl (C=O) groups excluding carboxylic acids is 1. The Morgan fingerprint density at radius 3 is 2.94 bits per heavy atom. The van der Waals surface area contributed by atoms with Gasteiger partial charge in [-0.15, -0.1) is 0 Å². The average Bonchev–Trinajstić information content (AvgIpc) is 2.36. The lowest BCUT2D eigenvalue weighted by atomic mass is 9.97. The Bertz CT molecular complexity index is 401. The highest BCUT2D eigenvalue weighted by atomic mass is 16.5. The quantitative estimate of drug-likeness (QED) is 0.725. The van der Waals surface area contributed by atoms with Crippen LogP contribution < -0.4 is 0 Å². The highest BCUT2D eigenvalue weighted by Gasteiger charge is 2.20. The molecule has 1 aromatic carbocycles. The normalized spacial score (nSPS) is 14.5. The van der Waals surface area contributed by atoms with Gasteiger partial charge in [-0.25, -0.2) is 4.79 Å². The highest BCUT2D eigenvalue weighted by molar-refractivity contribution is 5.68. The molecule has 0 radical (unpaired) electrons. The first kappa shape index (κ1) is 11.0. The zero-order chi connectivity index (χ0) is 11.5. The third kappa shape index (κ3) is 2.03. The summed E-state index contributed by atoms with van der Waals surface area (Å²) in [6.45, 7) is 3.59. The molecule has 1 aliphatic rings. The molecule has 0 fully saturated rings. The van der Waals surface area contributed by atoms with Crippen LogP contribution in [0.5, 0.6) is 0 Å². The van der Waals surface area contributed by atoms with Gasteiger partial charge in [0.1, 0.15) is 0 Å². The van der Waals surface area contributed by atoms with E-state index in [9.17, 15) is 4.79 Å². The van der Waals surface area contributed by atoms with Crippen molar-refractivity contribution in [1.29, 1.82) is 0 Å². The SMILES string of the molecule is CCc1ccc2c(c1)CCN(C(=O)OC)C2. The van der Waals surface area contributed by atoms with Crippen LogP contribution in [0, 0.1) is 0 Å². The fourth-order valence-corrected chi connectivity index (χ4v) is 2.11. The maximum absolute atomic E-state index is 11.4. The Kier molecular flexibility index (Phi) is 3.13. The lowest BCUT2D eigenvalue weighted by Gasteiger charge is -2.27. The van der Waals surface area contributed by atoms with Crippen molar-refractivity contribution < 1.29 is 9.53 Å². The lowest BCUT2D eigenvalue weighted by molar-refractivity contribution is 0.118. The van der Waals surface area contributed by atoms with Gasteiger partial charge in [0.15, 0.2) is 0 Å². The molecule has 1 aliphatic heterocycles.